The van der Waals surface area contributed by atoms with Crippen molar-refractivity contribution in [1.82, 2.24) is 9.97 Å². The molecule has 3 aromatic rings. The van der Waals surface area contributed by atoms with E-state index in [1.165, 1.54) is 11.1 Å². The molecule has 0 spiro atoms. The van der Waals surface area contributed by atoms with Crippen molar-refractivity contribution in [2.45, 2.75) is 20.4 Å². The molecule has 6 heteroatoms. The maximum atomic E-state index is 11.4. The average Bonchev–Trinajstić information content (AvgIpc) is 2.61. The Balaban J connectivity index is 1.80. The lowest BCUT2D eigenvalue weighted by atomic mass is 10.1. The Morgan fingerprint density at radius 1 is 1.04 bits per heavy atom. The van der Waals surface area contributed by atoms with Crippen LogP contribution in [0.15, 0.2) is 54.6 Å². The van der Waals surface area contributed by atoms with Crippen molar-refractivity contribution in [1.29, 1.82) is 0 Å². The number of nitrogens with one attached hydrogen (secondary N) is 2. The predicted octanol–water partition coefficient (Wildman–Crippen LogP) is 4.15. The Labute approximate surface area is 152 Å². The largest absolute Gasteiger partial charge is 0.478 e. The standard InChI is InChI=1S/C20H20N4O2/c1-13-7-3-4-8-15(13)12-21-20-22-14(2)11-18(24-20)23-17-10-6-5-9-16(17)19(25)26/h3-11H,12H2,1-2H3,(H,25,26)(H2,21,22,23,24). The molecule has 0 atom stereocenters. The van der Waals surface area contributed by atoms with E-state index in [0.29, 0.717) is 24.0 Å². The summed E-state index contributed by atoms with van der Waals surface area (Å²) in [6, 6.07) is 16.6. The zero-order valence-electron chi connectivity index (χ0n) is 14.7. The quantitative estimate of drug-likeness (QED) is 0.620. The third kappa shape index (κ3) is 4.16. The van der Waals surface area contributed by atoms with Crippen LogP contribution in [0.5, 0.6) is 0 Å². The molecule has 1 aromatic heterocycles. The van der Waals surface area contributed by atoms with Crippen LogP contribution in [-0.4, -0.2) is 21.0 Å². The molecule has 0 aliphatic heterocycles. The molecule has 3 rings (SSSR count). The average molecular weight is 348 g/mol. The van der Waals surface area contributed by atoms with E-state index in [4.69, 9.17) is 0 Å². The van der Waals surface area contributed by atoms with Gasteiger partial charge in [0.15, 0.2) is 0 Å². The number of benzene rings is 2. The summed E-state index contributed by atoms with van der Waals surface area (Å²) in [7, 11) is 0. The van der Waals surface area contributed by atoms with Crippen molar-refractivity contribution in [2.75, 3.05) is 10.6 Å². The van der Waals surface area contributed by atoms with Crippen LogP contribution in [-0.2, 0) is 6.54 Å². The van der Waals surface area contributed by atoms with Crippen LogP contribution in [0.1, 0.15) is 27.2 Å². The van der Waals surface area contributed by atoms with Crippen LogP contribution in [0.3, 0.4) is 0 Å². The monoisotopic (exact) mass is 348 g/mol. The highest BCUT2D eigenvalue weighted by Gasteiger charge is 2.10. The van der Waals surface area contributed by atoms with E-state index in [1.54, 1.807) is 30.3 Å². The van der Waals surface area contributed by atoms with E-state index in [2.05, 4.69) is 39.7 Å². The maximum Gasteiger partial charge on any atom is 0.337 e. The van der Waals surface area contributed by atoms with Crippen LogP contribution >= 0.6 is 0 Å². The number of anilines is 3. The molecule has 0 aliphatic rings. The van der Waals surface area contributed by atoms with E-state index in [1.807, 2.05) is 19.1 Å². The number of aryl methyl sites for hydroxylation is 2. The number of carboxylic acid groups (broad SMARTS) is 1. The summed E-state index contributed by atoms with van der Waals surface area (Å²) in [5.41, 5.74) is 3.83. The minimum absolute atomic E-state index is 0.193. The highest BCUT2D eigenvalue weighted by atomic mass is 16.4. The highest BCUT2D eigenvalue weighted by Crippen LogP contribution is 2.21. The summed E-state index contributed by atoms with van der Waals surface area (Å²) in [5.74, 6) is 0.0406. The highest BCUT2D eigenvalue weighted by molar-refractivity contribution is 5.95. The Hall–Kier alpha value is -3.41. The number of para-hydroxylation sites is 1. The lowest BCUT2D eigenvalue weighted by Crippen LogP contribution is -2.08. The van der Waals surface area contributed by atoms with Gasteiger partial charge in [0.25, 0.3) is 0 Å². The Bertz CT molecular complexity index is 941. The van der Waals surface area contributed by atoms with Crippen LogP contribution < -0.4 is 10.6 Å². The molecule has 3 N–H and O–H groups in total. The van der Waals surface area contributed by atoms with Crippen molar-refractivity contribution < 1.29 is 9.90 Å². The summed E-state index contributed by atoms with van der Waals surface area (Å²) >= 11 is 0. The minimum Gasteiger partial charge on any atom is -0.478 e. The molecule has 1 heterocycles. The summed E-state index contributed by atoms with van der Waals surface area (Å²) in [4.78, 5) is 20.2. The maximum absolute atomic E-state index is 11.4. The van der Waals surface area contributed by atoms with E-state index in [0.717, 1.165) is 5.69 Å². The molecular weight excluding hydrogens is 328 g/mol. The number of aromatic carboxylic acids is 1. The zero-order valence-corrected chi connectivity index (χ0v) is 14.7. The van der Waals surface area contributed by atoms with Crippen LogP contribution in [0.4, 0.5) is 17.5 Å². The number of hydrogen-bond acceptors (Lipinski definition) is 5. The first-order valence-corrected chi connectivity index (χ1v) is 8.26. The third-order valence-electron chi connectivity index (χ3n) is 3.97. The van der Waals surface area contributed by atoms with Crippen molar-refractivity contribution in [2.24, 2.45) is 0 Å². The van der Waals surface area contributed by atoms with Crippen molar-refractivity contribution in [3.05, 3.63) is 77.0 Å². The Morgan fingerprint density at radius 2 is 1.77 bits per heavy atom. The first kappa shape index (κ1) is 17.4. The van der Waals surface area contributed by atoms with Crippen LogP contribution in [0.25, 0.3) is 0 Å². The van der Waals surface area contributed by atoms with Gasteiger partial charge in [0, 0.05) is 18.3 Å². The van der Waals surface area contributed by atoms with Crippen LogP contribution in [0.2, 0.25) is 0 Å². The smallest absolute Gasteiger partial charge is 0.337 e. The number of carbonyl (C=O) groups is 1. The summed E-state index contributed by atoms with van der Waals surface area (Å²) in [5, 5.41) is 15.6. The predicted molar refractivity (Wildman–Crippen MR) is 102 cm³/mol. The summed E-state index contributed by atoms with van der Waals surface area (Å²) in [6.07, 6.45) is 0. The van der Waals surface area contributed by atoms with Crippen molar-refractivity contribution in [3.63, 3.8) is 0 Å². The second kappa shape index (κ2) is 7.65. The minimum atomic E-state index is -0.989. The molecule has 2 aromatic carbocycles. The number of hydrogen-bond donors (Lipinski definition) is 3. The van der Waals surface area contributed by atoms with Gasteiger partial charge in [-0.05, 0) is 37.1 Å². The molecule has 0 saturated heterocycles. The number of nitrogens with zero attached hydrogens (tertiary/aromatic N) is 2. The number of rotatable bonds is 6. The molecule has 0 radical (unpaired) electrons. The SMILES string of the molecule is Cc1cc(Nc2ccccc2C(=O)O)nc(NCc2ccccc2C)n1. The Morgan fingerprint density at radius 3 is 2.54 bits per heavy atom. The van der Waals surface area contributed by atoms with Gasteiger partial charge in [-0.15, -0.1) is 0 Å². The van der Waals surface area contributed by atoms with E-state index < -0.39 is 5.97 Å². The normalized spacial score (nSPS) is 10.4. The fraction of sp³-hybridized carbons (Fsp3) is 0.150. The summed E-state index contributed by atoms with van der Waals surface area (Å²) < 4.78 is 0. The van der Waals surface area contributed by atoms with Crippen molar-refractivity contribution >= 4 is 23.4 Å². The van der Waals surface area contributed by atoms with Crippen molar-refractivity contribution in [3.8, 4) is 0 Å². The van der Waals surface area contributed by atoms with Gasteiger partial charge in [0.2, 0.25) is 5.95 Å². The van der Waals surface area contributed by atoms with E-state index in [9.17, 15) is 9.90 Å². The fourth-order valence-electron chi connectivity index (χ4n) is 2.61. The number of carboxylic acids is 1. The van der Waals surface area contributed by atoms with Gasteiger partial charge in [-0.3, -0.25) is 0 Å². The fourth-order valence-corrected chi connectivity index (χ4v) is 2.61. The third-order valence-corrected chi connectivity index (χ3v) is 3.97. The number of aromatic nitrogens is 2. The molecule has 0 bridgehead atoms. The molecular formula is C20H20N4O2. The first-order valence-electron chi connectivity index (χ1n) is 8.26. The van der Waals surface area contributed by atoms with E-state index in [-0.39, 0.29) is 5.56 Å². The molecule has 0 unspecified atom stereocenters. The van der Waals surface area contributed by atoms with Gasteiger partial charge in [-0.2, -0.15) is 4.98 Å². The summed E-state index contributed by atoms with van der Waals surface area (Å²) in [6.45, 7) is 4.54. The molecule has 132 valence electrons. The second-order valence-electron chi connectivity index (χ2n) is 5.97. The van der Waals surface area contributed by atoms with Gasteiger partial charge in [-0.1, -0.05) is 36.4 Å². The lowest BCUT2D eigenvalue weighted by Gasteiger charge is -2.12. The molecule has 26 heavy (non-hydrogen) atoms. The van der Waals surface area contributed by atoms with Gasteiger partial charge < -0.3 is 15.7 Å². The second-order valence-corrected chi connectivity index (χ2v) is 5.97. The Kier molecular flexibility index (Phi) is 5.12. The van der Waals surface area contributed by atoms with Gasteiger partial charge in [-0.25, -0.2) is 9.78 Å². The molecule has 0 saturated carbocycles. The van der Waals surface area contributed by atoms with Crippen LogP contribution in [0, 0.1) is 13.8 Å². The molecule has 0 amide bonds. The van der Waals surface area contributed by atoms with Gasteiger partial charge in [0.1, 0.15) is 5.82 Å². The molecule has 0 aliphatic carbocycles. The molecule has 0 fully saturated rings. The first-order chi connectivity index (χ1) is 12.5. The van der Waals surface area contributed by atoms with Gasteiger partial charge in [0.05, 0.1) is 11.3 Å². The topological polar surface area (TPSA) is 87.1 Å². The zero-order chi connectivity index (χ0) is 18.5. The van der Waals surface area contributed by atoms with Gasteiger partial charge >= 0.3 is 5.97 Å². The van der Waals surface area contributed by atoms with E-state index >= 15 is 0 Å². The lowest BCUT2D eigenvalue weighted by molar-refractivity contribution is 0.0698. The molecule has 6 nitrogen and oxygen atoms in total.